The lowest BCUT2D eigenvalue weighted by Crippen LogP contribution is -2.35. The maximum absolute atomic E-state index is 12.0. The molecule has 4 heteroatoms. The van der Waals surface area contributed by atoms with Gasteiger partial charge in [-0.25, -0.2) is 0 Å². The molecular formula is C12H22N2O2. The van der Waals surface area contributed by atoms with Crippen LogP contribution in [-0.4, -0.2) is 43.3 Å². The van der Waals surface area contributed by atoms with Crippen molar-refractivity contribution in [3.05, 3.63) is 0 Å². The van der Waals surface area contributed by atoms with Crippen LogP contribution in [0.5, 0.6) is 0 Å². The Morgan fingerprint density at radius 1 is 1.56 bits per heavy atom. The maximum Gasteiger partial charge on any atom is 0.241 e. The SMILES string of the molecule is CC(C)C1NCN(CCC2CCOC2)C1=O. The average molecular weight is 226 g/mol. The number of nitrogens with zero attached hydrogens (tertiary/aromatic N) is 1. The summed E-state index contributed by atoms with van der Waals surface area (Å²) in [6.07, 6.45) is 2.24. The molecule has 2 saturated heterocycles. The molecule has 0 spiro atoms. The lowest BCUT2D eigenvalue weighted by molar-refractivity contribution is -0.129. The second kappa shape index (κ2) is 5.15. The van der Waals surface area contributed by atoms with Gasteiger partial charge in [0.25, 0.3) is 0 Å². The molecule has 2 fully saturated rings. The number of rotatable bonds is 4. The van der Waals surface area contributed by atoms with Crippen LogP contribution in [0.15, 0.2) is 0 Å². The van der Waals surface area contributed by atoms with E-state index in [2.05, 4.69) is 19.2 Å². The van der Waals surface area contributed by atoms with Crippen molar-refractivity contribution >= 4 is 5.91 Å². The fourth-order valence-corrected chi connectivity index (χ4v) is 2.43. The van der Waals surface area contributed by atoms with E-state index in [1.165, 1.54) is 0 Å². The van der Waals surface area contributed by atoms with Crippen molar-refractivity contribution in [2.45, 2.75) is 32.7 Å². The van der Waals surface area contributed by atoms with Crippen molar-refractivity contribution in [2.75, 3.05) is 26.4 Å². The van der Waals surface area contributed by atoms with Crippen LogP contribution in [0.4, 0.5) is 0 Å². The maximum atomic E-state index is 12.0. The number of hydrogen-bond donors (Lipinski definition) is 1. The number of carbonyl (C=O) groups is 1. The quantitative estimate of drug-likeness (QED) is 0.772. The number of ether oxygens (including phenoxy) is 1. The molecule has 0 aliphatic carbocycles. The highest BCUT2D eigenvalue weighted by Crippen LogP contribution is 2.18. The van der Waals surface area contributed by atoms with E-state index in [1.807, 2.05) is 4.90 Å². The largest absolute Gasteiger partial charge is 0.381 e. The number of nitrogens with one attached hydrogen (secondary N) is 1. The van der Waals surface area contributed by atoms with Gasteiger partial charge in [-0.3, -0.25) is 10.1 Å². The van der Waals surface area contributed by atoms with Crippen LogP contribution in [-0.2, 0) is 9.53 Å². The van der Waals surface area contributed by atoms with Crippen LogP contribution in [0.25, 0.3) is 0 Å². The third-order valence-electron chi connectivity index (χ3n) is 3.58. The van der Waals surface area contributed by atoms with Crippen molar-refractivity contribution in [3.8, 4) is 0 Å². The fraction of sp³-hybridized carbons (Fsp3) is 0.917. The number of carbonyl (C=O) groups excluding carboxylic acids is 1. The highest BCUT2D eigenvalue weighted by Gasteiger charge is 2.33. The molecule has 2 unspecified atom stereocenters. The monoisotopic (exact) mass is 226 g/mol. The Hall–Kier alpha value is -0.610. The van der Waals surface area contributed by atoms with Crippen LogP contribution in [0, 0.1) is 11.8 Å². The van der Waals surface area contributed by atoms with Gasteiger partial charge in [-0.15, -0.1) is 0 Å². The first-order valence-corrected chi connectivity index (χ1v) is 6.28. The molecule has 0 aromatic rings. The highest BCUT2D eigenvalue weighted by atomic mass is 16.5. The minimum atomic E-state index is 0.0276. The smallest absolute Gasteiger partial charge is 0.241 e. The van der Waals surface area contributed by atoms with Gasteiger partial charge in [0.15, 0.2) is 0 Å². The van der Waals surface area contributed by atoms with Gasteiger partial charge < -0.3 is 9.64 Å². The lowest BCUT2D eigenvalue weighted by Gasteiger charge is -2.18. The molecule has 0 aromatic heterocycles. The summed E-state index contributed by atoms with van der Waals surface area (Å²) in [6.45, 7) is 7.54. The van der Waals surface area contributed by atoms with Crippen LogP contribution in [0.2, 0.25) is 0 Å². The van der Waals surface area contributed by atoms with Gasteiger partial charge >= 0.3 is 0 Å². The minimum absolute atomic E-state index is 0.0276. The van der Waals surface area contributed by atoms with Crippen LogP contribution >= 0.6 is 0 Å². The summed E-state index contributed by atoms with van der Waals surface area (Å²) >= 11 is 0. The standard InChI is InChI=1S/C12H22N2O2/c1-9(2)11-12(15)14(8-13-11)5-3-10-4-6-16-7-10/h9-11,13H,3-8H2,1-2H3. The highest BCUT2D eigenvalue weighted by molar-refractivity contribution is 5.83. The Labute approximate surface area is 97.3 Å². The molecule has 92 valence electrons. The minimum Gasteiger partial charge on any atom is -0.381 e. The van der Waals surface area contributed by atoms with Crippen molar-refractivity contribution in [1.82, 2.24) is 10.2 Å². The van der Waals surface area contributed by atoms with E-state index >= 15 is 0 Å². The van der Waals surface area contributed by atoms with Gasteiger partial charge in [0.1, 0.15) is 0 Å². The third kappa shape index (κ3) is 2.55. The van der Waals surface area contributed by atoms with Crippen LogP contribution in [0.1, 0.15) is 26.7 Å². The third-order valence-corrected chi connectivity index (χ3v) is 3.58. The molecule has 16 heavy (non-hydrogen) atoms. The zero-order chi connectivity index (χ0) is 11.5. The molecule has 0 aromatic carbocycles. The first kappa shape index (κ1) is 11.9. The summed E-state index contributed by atoms with van der Waals surface area (Å²) in [5.41, 5.74) is 0. The molecule has 4 nitrogen and oxygen atoms in total. The molecule has 1 amide bonds. The summed E-state index contributed by atoms with van der Waals surface area (Å²) < 4.78 is 5.34. The normalized spacial score (nSPS) is 30.7. The van der Waals surface area contributed by atoms with Crippen molar-refractivity contribution in [2.24, 2.45) is 11.8 Å². The van der Waals surface area contributed by atoms with Crippen molar-refractivity contribution < 1.29 is 9.53 Å². The second-order valence-corrected chi connectivity index (χ2v) is 5.20. The molecule has 2 atom stereocenters. The van der Waals surface area contributed by atoms with Crippen molar-refractivity contribution in [3.63, 3.8) is 0 Å². The van der Waals surface area contributed by atoms with E-state index in [9.17, 15) is 4.79 Å². The Morgan fingerprint density at radius 3 is 2.94 bits per heavy atom. The Kier molecular flexibility index (Phi) is 3.82. The van der Waals surface area contributed by atoms with Gasteiger partial charge in [-0.2, -0.15) is 0 Å². The fourth-order valence-electron chi connectivity index (χ4n) is 2.43. The Balaban J connectivity index is 1.76. The second-order valence-electron chi connectivity index (χ2n) is 5.20. The summed E-state index contributed by atoms with van der Waals surface area (Å²) in [5.74, 6) is 1.31. The molecule has 0 bridgehead atoms. The van der Waals surface area contributed by atoms with Crippen LogP contribution in [0.3, 0.4) is 0 Å². The number of hydrogen-bond acceptors (Lipinski definition) is 3. The molecule has 0 saturated carbocycles. The van der Waals surface area contributed by atoms with Gasteiger partial charge in [-0.1, -0.05) is 13.8 Å². The van der Waals surface area contributed by atoms with E-state index in [0.717, 1.165) is 39.3 Å². The Morgan fingerprint density at radius 2 is 2.38 bits per heavy atom. The summed E-state index contributed by atoms with van der Waals surface area (Å²) in [6, 6.07) is 0.0276. The van der Waals surface area contributed by atoms with E-state index in [0.29, 0.717) is 11.8 Å². The molecule has 2 heterocycles. The van der Waals surface area contributed by atoms with Crippen molar-refractivity contribution in [1.29, 1.82) is 0 Å². The predicted molar refractivity (Wildman–Crippen MR) is 61.9 cm³/mol. The molecular weight excluding hydrogens is 204 g/mol. The molecule has 0 radical (unpaired) electrons. The van der Waals surface area contributed by atoms with Gasteiger partial charge in [0, 0.05) is 19.8 Å². The van der Waals surface area contributed by atoms with E-state index in [-0.39, 0.29) is 11.9 Å². The molecule has 1 N–H and O–H groups in total. The van der Waals surface area contributed by atoms with E-state index < -0.39 is 0 Å². The van der Waals surface area contributed by atoms with E-state index in [4.69, 9.17) is 4.74 Å². The van der Waals surface area contributed by atoms with Gasteiger partial charge in [0.05, 0.1) is 12.7 Å². The Bertz CT molecular complexity index is 249. The van der Waals surface area contributed by atoms with E-state index in [1.54, 1.807) is 0 Å². The zero-order valence-electron chi connectivity index (χ0n) is 10.2. The molecule has 2 aliphatic rings. The topological polar surface area (TPSA) is 41.6 Å². The average Bonchev–Trinajstić information content (AvgIpc) is 2.84. The summed E-state index contributed by atoms with van der Waals surface area (Å²) in [5, 5.41) is 3.28. The number of amides is 1. The van der Waals surface area contributed by atoms with Gasteiger partial charge in [0.2, 0.25) is 5.91 Å². The first-order valence-electron chi connectivity index (χ1n) is 6.28. The molecule has 2 rings (SSSR count). The predicted octanol–water partition coefficient (Wildman–Crippen LogP) is 0.827. The summed E-state index contributed by atoms with van der Waals surface area (Å²) in [7, 11) is 0. The molecule has 2 aliphatic heterocycles. The first-order chi connectivity index (χ1) is 7.68. The lowest BCUT2D eigenvalue weighted by atomic mass is 10.0. The summed E-state index contributed by atoms with van der Waals surface area (Å²) in [4.78, 5) is 13.9. The van der Waals surface area contributed by atoms with Crippen LogP contribution < -0.4 is 5.32 Å². The van der Waals surface area contributed by atoms with Gasteiger partial charge in [-0.05, 0) is 24.7 Å². The zero-order valence-corrected chi connectivity index (χ0v) is 10.2.